The number of hydrogen-bond acceptors (Lipinski definition) is 2. The fourth-order valence-corrected chi connectivity index (χ4v) is 3.93. The van der Waals surface area contributed by atoms with Crippen molar-refractivity contribution in [3.63, 3.8) is 0 Å². The highest BCUT2D eigenvalue weighted by Crippen LogP contribution is 2.28. The van der Waals surface area contributed by atoms with E-state index in [0.717, 1.165) is 16.5 Å². The summed E-state index contributed by atoms with van der Waals surface area (Å²) < 4.78 is 1.12. The molecule has 0 saturated carbocycles. The molecule has 1 unspecified atom stereocenters. The Morgan fingerprint density at radius 2 is 1.83 bits per heavy atom. The molecule has 1 heterocycles. The van der Waals surface area contributed by atoms with Crippen LogP contribution < -0.4 is 5.73 Å². The van der Waals surface area contributed by atoms with Crippen molar-refractivity contribution in [2.24, 2.45) is 5.73 Å². The first-order valence-electron chi connectivity index (χ1n) is 5.48. The van der Waals surface area contributed by atoms with Crippen LogP contribution in [0.3, 0.4) is 0 Å². The number of halogens is 3. The predicted octanol–water partition coefficient (Wildman–Crippen LogP) is 4.93. The molecule has 0 bridgehead atoms. The molecule has 5 heteroatoms. The summed E-state index contributed by atoms with van der Waals surface area (Å²) in [7, 11) is 0. The number of rotatable bonds is 4. The number of nitrogens with two attached hydrogens (primary N) is 1. The first kappa shape index (κ1) is 14.4. The molecular weight excluding hydrogens is 353 g/mol. The van der Waals surface area contributed by atoms with Crippen LogP contribution in [-0.2, 0) is 12.8 Å². The predicted molar refractivity (Wildman–Crippen MR) is 83.9 cm³/mol. The van der Waals surface area contributed by atoms with Gasteiger partial charge in [-0.2, -0.15) is 0 Å². The molecule has 1 nitrogen and oxygen atoms in total. The molecule has 0 aliphatic rings. The molecule has 0 saturated heterocycles. The first-order chi connectivity index (χ1) is 8.58. The highest BCUT2D eigenvalue weighted by Gasteiger charge is 2.13. The quantitative estimate of drug-likeness (QED) is 0.817. The SMILES string of the molecule is NC(Cc1sccc1Br)Cc1c(Cl)cccc1Cl. The summed E-state index contributed by atoms with van der Waals surface area (Å²) in [6.45, 7) is 0. The van der Waals surface area contributed by atoms with E-state index in [9.17, 15) is 0 Å². The second-order valence-electron chi connectivity index (χ2n) is 4.06. The Bertz CT molecular complexity index is 521. The maximum atomic E-state index is 6.17. The zero-order valence-corrected chi connectivity index (χ0v) is 13.4. The van der Waals surface area contributed by atoms with E-state index in [1.165, 1.54) is 4.88 Å². The Kier molecular flexibility index (Phi) is 5.10. The van der Waals surface area contributed by atoms with Gasteiger partial charge in [0.1, 0.15) is 0 Å². The summed E-state index contributed by atoms with van der Waals surface area (Å²) in [5.41, 5.74) is 7.10. The van der Waals surface area contributed by atoms with Crippen molar-refractivity contribution in [3.05, 3.63) is 54.6 Å². The Morgan fingerprint density at radius 1 is 1.17 bits per heavy atom. The van der Waals surface area contributed by atoms with E-state index in [1.54, 1.807) is 11.3 Å². The van der Waals surface area contributed by atoms with Gasteiger partial charge in [0.25, 0.3) is 0 Å². The normalized spacial score (nSPS) is 12.7. The lowest BCUT2D eigenvalue weighted by Crippen LogP contribution is -2.25. The summed E-state index contributed by atoms with van der Waals surface area (Å²) in [6, 6.07) is 7.58. The minimum Gasteiger partial charge on any atom is -0.327 e. The van der Waals surface area contributed by atoms with Gasteiger partial charge in [-0.25, -0.2) is 0 Å². The summed E-state index contributed by atoms with van der Waals surface area (Å²) in [5, 5.41) is 3.42. The zero-order valence-electron chi connectivity index (χ0n) is 9.50. The first-order valence-corrected chi connectivity index (χ1v) is 7.91. The Hall–Kier alpha value is -0.0600. The van der Waals surface area contributed by atoms with E-state index in [-0.39, 0.29) is 6.04 Å². The maximum absolute atomic E-state index is 6.17. The van der Waals surface area contributed by atoms with Gasteiger partial charge in [0.05, 0.1) is 0 Å². The fourth-order valence-electron chi connectivity index (χ4n) is 1.77. The van der Waals surface area contributed by atoms with Crippen LogP contribution in [0.15, 0.2) is 34.1 Å². The van der Waals surface area contributed by atoms with Gasteiger partial charge in [-0.15, -0.1) is 11.3 Å². The van der Waals surface area contributed by atoms with Crippen LogP contribution in [0.4, 0.5) is 0 Å². The fraction of sp³-hybridized carbons (Fsp3) is 0.231. The van der Waals surface area contributed by atoms with Gasteiger partial charge in [-0.1, -0.05) is 29.3 Å². The second-order valence-corrected chi connectivity index (χ2v) is 6.73. The molecule has 0 aliphatic carbocycles. The molecular formula is C13H12BrCl2NS. The van der Waals surface area contributed by atoms with Gasteiger partial charge in [-0.05, 0) is 57.9 Å². The van der Waals surface area contributed by atoms with Crippen molar-refractivity contribution in [2.75, 3.05) is 0 Å². The van der Waals surface area contributed by atoms with Crippen LogP contribution in [0.1, 0.15) is 10.4 Å². The van der Waals surface area contributed by atoms with E-state index >= 15 is 0 Å². The molecule has 0 fully saturated rings. The van der Waals surface area contributed by atoms with Crippen molar-refractivity contribution >= 4 is 50.5 Å². The lowest BCUT2D eigenvalue weighted by Gasteiger charge is -2.13. The van der Waals surface area contributed by atoms with Crippen LogP contribution in [-0.4, -0.2) is 6.04 Å². The van der Waals surface area contributed by atoms with Crippen molar-refractivity contribution in [3.8, 4) is 0 Å². The Morgan fingerprint density at radius 3 is 2.39 bits per heavy atom. The Balaban J connectivity index is 2.08. The van der Waals surface area contributed by atoms with E-state index in [4.69, 9.17) is 28.9 Å². The topological polar surface area (TPSA) is 26.0 Å². The lowest BCUT2D eigenvalue weighted by atomic mass is 10.0. The van der Waals surface area contributed by atoms with Crippen molar-refractivity contribution < 1.29 is 0 Å². The third-order valence-corrected chi connectivity index (χ3v) is 5.32. The zero-order chi connectivity index (χ0) is 13.1. The highest BCUT2D eigenvalue weighted by molar-refractivity contribution is 9.10. The van der Waals surface area contributed by atoms with Crippen molar-refractivity contribution in [1.82, 2.24) is 0 Å². The Labute approximate surface area is 129 Å². The van der Waals surface area contributed by atoms with E-state index < -0.39 is 0 Å². The van der Waals surface area contributed by atoms with Gasteiger partial charge in [0.2, 0.25) is 0 Å². The molecule has 2 aromatic rings. The molecule has 96 valence electrons. The summed E-state index contributed by atoms with van der Waals surface area (Å²) in [4.78, 5) is 1.26. The number of hydrogen-bond donors (Lipinski definition) is 1. The molecule has 0 spiro atoms. The standard InChI is InChI=1S/C13H12BrCl2NS/c14-10-4-5-18-13(10)7-8(17)6-9-11(15)2-1-3-12(9)16/h1-5,8H,6-7,17H2. The highest BCUT2D eigenvalue weighted by atomic mass is 79.9. The van der Waals surface area contributed by atoms with E-state index in [0.29, 0.717) is 16.5 Å². The molecule has 2 N–H and O–H groups in total. The second kappa shape index (κ2) is 6.40. The maximum Gasteiger partial charge on any atom is 0.0453 e. The molecule has 18 heavy (non-hydrogen) atoms. The van der Waals surface area contributed by atoms with Gasteiger partial charge >= 0.3 is 0 Å². The van der Waals surface area contributed by atoms with Crippen LogP contribution in [0.5, 0.6) is 0 Å². The number of benzene rings is 1. The van der Waals surface area contributed by atoms with Crippen LogP contribution in [0, 0.1) is 0 Å². The third kappa shape index (κ3) is 3.49. The summed E-state index contributed by atoms with van der Waals surface area (Å²) in [6.07, 6.45) is 1.50. The van der Waals surface area contributed by atoms with Crippen molar-refractivity contribution in [2.45, 2.75) is 18.9 Å². The smallest absolute Gasteiger partial charge is 0.0453 e. The number of thiophene rings is 1. The minimum atomic E-state index is 0.0114. The summed E-state index contributed by atoms with van der Waals surface area (Å²) >= 11 is 17.5. The summed E-state index contributed by atoms with van der Waals surface area (Å²) in [5.74, 6) is 0. The van der Waals surface area contributed by atoms with E-state index in [1.807, 2.05) is 24.3 Å². The average Bonchev–Trinajstić information content (AvgIpc) is 2.70. The largest absolute Gasteiger partial charge is 0.327 e. The van der Waals surface area contributed by atoms with E-state index in [2.05, 4.69) is 21.3 Å². The van der Waals surface area contributed by atoms with Crippen LogP contribution >= 0.6 is 50.5 Å². The van der Waals surface area contributed by atoms with Crippen molar-refractivity contribution in [1.29, 1.82) is 0 Å². The molecule has 1 aromatic carbocycles. The molecule has 2 rings (SSSR count). The van der Waals surface area contributed by atoms with Gasteiger partial charge in [0, 0.05) is 25.4 Å². The molecule has 1 atom stereocenters. The minimum absolute atomic E-state index is 0.0114. The monoisotopic (exact) mass is 363 g/mol. The lowest BCUT2D eigenvalue weighted by molar-refractivity contribution is 0.670. The van der Waals surface area contributed by atoms with Gasteiger partial charge in [0.15, 0.2) is 0 Å². The van der Waals surface area contributed by atoms with Crippen LogP contribution in [0.2, 0.25) is 10.0 Å². The molecule has 0 aliphatic heterocycles. The molecule has 1 aromatic heterocycles. The van der Waals surface area contributed by atoms with Crippen LogP contribution in [0.25, 0.3) is 0 Å². The third-order valence-electron chi connectivity index (χ3n) is 2.67. The molecule has 0 amide bonds. The molecule has 0 radical (unpaired) electrons. The average molecular weight is 365 g/mol. The van der Waals surface area contributed by atoms with Gasteiger partial charge in [-0.3, -0.25) is 0 Å². The van der Waals surface area contributed by atoms with Gasteiger partial charge < -0.3 is 5.73 Å².